The highest BCUT2D eigenvalue weighted by Crippen LogP contribution is 2.33. The predicted octanol–water partition coefficient (Wildman–Crippen LogP) is 2.50. The van der Waals surface area contributed by atoms with Gasteiger partial charge in [-0.1, -0.05) is 30.7 Å². The van der Waals surface area contributed by atoms with E-state index in [0.29, 0.717) is 12.0 Å². The summed E-state index contributed by atoms with van der Waals surface area (Å²) in [5, 5.41) is 11.2. The number of aryl methyl sites for hydroxylation is 1. The predicted molar refractivity (Wildman–Crippen MR) is 82.9 cm³/mol. The molecule has 2 N–H and O–H groups in total. The summed E-state index contributed by atoms with van der Waals surface area (Å²) < 4.78 is 0. The maximum atomic E-state index is 5.91. The largest absolute Gasteiger partial charge is 0.354 e. The van der Waals surface area contributed by atoms with Crippen LogP contribution in [0.2, 0.25) is 0 Å². The van der Waals surface area contributed by atoms with E-state index in [2.05, 4.69) is 46.4 Å². The summed E-state index contributed by atoms with van der Waals surface area (Å²) in [4.78, 5) is 2.29. The van der Waals surface area contributed by atoms with Crippen LogP contribution >= 0.6 is 0 Å². The van der Waals surface area contributed by atoms with Gasteiger partial charge in [-0.25, -0.2) is 0 Å². The molecule has 0 spiro atoms. The van der Waals surface area contributed by atoms with Gasteiger partial charge in [-0.15, -0.1) is 5.10 Å². The molecular weight excluding hydrogens is 248 g/mol. The van der Waals surface area contributed by atoms with Gasteiger partial charge in [-0.05, 0) is 32.2 Å². The normalized spacial score (nSPS) is 22.4. The van der Waals surface area contributed by atoms with Gasteiger partial charge >= 0.3 is 0 Å². The molecule has 1 fully saturated rings. The van der Waals surface area contributed by atoms with Crippen molar-refractivity contribution >= 4 is 16.6 Å². The third kappa shape index (κ3) is 2.14. The lowest BCUT2D eigenvalue weighted by molar-refractivity contribution is 0.472. The molecular formula is C16H22N4. The molecule has 4 heteroatoms. The Morgan fingerprint density at radius 2 is 1.95 bits per heavy atom. The van der Waals surface area contributed by atoms with E-state index in [1.807, 2.05) is 6.92 Å². The number of nitrogens with two attached hydrogens (primary N) is 1. The van der Waals surface area contributed by atoms with E-state index in [1.165, 1.54) is 30.0 Å². The van der Waals surface area contributed by atoms with Crippen molar-refractivity contribution in [2.24, 2.45) is 11.7 Å². The molecule has 1 aliphatic rings. The first-order valence-electron chi connectivity index (χ1n) is 7.37. The van der Waals surface area contributed by atoms with E-state index in [4.69, 9.17) is 5.73 Å². The van der Waals surface area contributed by atoms with E-state index in [9.17, 15) is 0 Å². The lowest BCUT2D eigenvalue weighted by Crippen LogP contribution is -2.38. The Balaban J connectivity index is 2.04. The van der Waals surface area contributed by atoms with Crippen molar-refractivity contribution in [1.29, 1.82) is 0 Å². The van der Waals surface area contributed by atoms with Crippen LogP contribution in [0.5, 0.6) is 0 Å². The molecule has 0 bridgehead atoms. The van der Waals surface area contributed by atoms with Gasteiger partial charge in [0.2, 0.25) is 0 Å². The first-order valence-corrected chi connectivity index (χ1v) is 7.37. The molecule has 0 amide bonds. The Kier molecular flexibility index (Phi) is 3.57. The maximum absolute atomic E-state index is 5.91. The Morgan fingerprint density at radius 3 is 2.70 bits per heavy atom. The highest BCUT2D eigenvalue weighted by molar-refractivity contribution is 5.93. The standard InChI is InChI=1S/C16H22N4/c1-11-13-7-3-4-8-14(13)16(19-18-11)20(2)15-9-5-6-12(15)10-17/h3-4,7-8,12,15H,5-6,9-10,17H2,1-2H3. The van der Waals surface area contributed by atoms with Crippen LogP contribution in [0.15, 0.2) is 24.3 Å². The summed E-state index contributed by atoms with van der Waals surface area (Å²) in [7, 11) is 2.13. The Labute approximate surface area is 120 Å². The SMILES string of the molecule is Cc1nnc(N(C)C2CCCC2CN)c2ccccc12. The second-order valence-electron chi connectivity index (χ2n) is 5.76. The zero-order valence-corrected chi connectivity index (χ0v) is 12.2. The van der Waals surface area contributed by atoms with E-state index in [1.54, 1.807) is 0 Å². The summed E-state index contributed by atoms with van der Waals surface area (Å²) in [6, 6.07) is 8.86. The van der Waals surface area contributed by atoms with Crippen LogP contribution in [0.25, 0.3) is 10.8 Å². The molecule has 3 rings (SSSR count). The second-order valence-corrected chi connectivity index (χ2v) is 5.76. The smallest absolute Gasteiger partial charge is 0.159 e. The van der Waals surface area contributed by atoms with Crippen molar-refractivity contribution in [1.82, 2.24) is 10.2 Å². The maximum Gasteiger partial charge on any atom is 0.159 e. The highest BCUT2D eigenvalue weighted by atomic mass is 15.3. The second kappa shape index (κ2) is 5.37. The van der Waals surface area contributed by atoms with Crippen LogP contribution in [0, 0.1) is 12.8 Å². The summed E-state index contributed by atoms with van der Waals surface area (Å²) in [6.07, 6.45) is 3.68. The molecule has 0 radical (unpaired) electrons. The Hall–Kier alpha value is -1.68. The van der Waals surface area contributed by atoms with Gasteiger partial charge in [0.25, 0.3) is 0 Å². The van der Waals surface area contributed by atoms with Gasteiger partial charge in [0, 0.05) is 23.9 Å². The third-order valence-electron chi connectivity index (χ3n) is 4.61. The van der Waals surface area contributed by atoms with Crippen LogP contribution in [-0.2, 0) is 0 Å². The Morgan fingerprint density at radius 1 is 1.20 bits per heavy atom. The summed E-state index contributed by atoms with van der Waals surface area (Å²) >= 11 is 0. The molecule has 1 saturated carbocycles. The number of aromatic nitrogens is 2. The number of fused-ring (bicyclic) bond motifs is 1. The lowest BCUT2D eigenvalue weighted by Gasteiger charge is -2.30. The fraction of sp³-hybridized carbons (Fsp3) is 0.500. The molecule has 1 aromatic heterocycles. The third-order valence-corrected chi connectivity index (χ3v) is 4.61. The average molecular weight is 270 g/mol. The number of benzene rings is 1. The van der Waals surface area contributed by atoms with Crippen molar-refractivity contribution in [3.05, 3.63) is 30.0 Å². The minimum atomic E-state index is 0.486. The summed E-state index contributed by atoms with van der Waals surface area (Å²) in [5.74, 6) is 1.55. The van der Waals surface area contributed by atoms with Crippen LogP contribution in [0.4, 0.5) is 5.82 Å². The topological polar surface area (TPSA) is 55.0 Å². The number of hydrogen-bond donors (Lipinski definition) is 1. The van der Waals surface area contributed by atoms with Crippen molar-refractivity contribution in [3.8, 4) is 0 Å². The monoisotopic (exact) mass is 270 g/mol. The molecule has 1 heterocycles. The van der Waals surface area contributed by atoms with Crippen LogP contribution in [0.1, 0.15) is 25.0 Å². The highest BCUT2D eigenvalue weighted by Gasteiger charge is 2.30. The van der Waals surface area contributed by atoms with E-state index >= 15 is 0 Å². The lowest BCUT2D eigenvalue weighted by atomic mass is 10.0. The van der Waals surface area contributed by atoms with Crippen LogP contribution < -0.4 is 10.6 Å². The van der Waals surface area contributed by atoms with Gasteiger partial charge < -0.3 is 10.6 Å². The Bertz CT molecular complexity index is 610. The number of rotatable bonds is 3. The van der Waals surface area contributed by atoms with Gasteiger partial charge in [0.1, 0.15) is 0 Å². The molecule has 2 atom stereocenters. The summed E-state index contributed by atoms with van der Waals surface area (Å²) in [6.45, 7) is 2.77. The molecule has 106 valence electrons. The molecule has 2 aromatic rings. The fourth-order valence-corrected chi connectivity index (χ4v) is 3.44. The first kappa shape index (κ1) is 13.3. The van der Waals surface area contributed by atoms with Crippen LogP contribution in [0.3, 0.4) is 0 Å². The fourth-order valence-electron chi connectivity index (χ4n) is 3.44. The van der Waals surface area contributed by atoms with Crippen LogP contribution in [-0.4, -0.2) is 29.8 Å². The summed E-state index contributed by atoms with van der Waals surface area (Å²) in [5.41, 5.74) is 6.90. The van der Waals surface area contributed by atoms with E-state index in [0.717, 1.165) is 18.1 Å². The van der Waals surface area contributed by atoms with Crippen molar-refractivity contribution in [3.63, 3.8) is 0 Å². The molecule has 4 nitrogen and oxygen atoms in total. The number of nitrogens with zero attached hydrogens (tertiary/aromatic N) is 3. The van der Waals surface area contributed by atoms with Gasteiger partial charge in [0.05, 0.1) is 5.69 Å². The molecule has 1 aliphatic carbocycles. The van der Waals surface area contributed by atoms with Crippen molar-refractivity contribution in [2.45, 2.75) is 32.2 Å². The zero-order chi connectivity index (χ0) is 14.1. The minimum absolute atomic E-state index is 0.486. The van der Waals surface area contributed by atoms with Crippen molar-refractivity contribution < 1.29 is 0 Å². The van der Waals surface area contributed by atoms with E-state index in [-0.39, 0.29) is 0 Å². The molecule has 1 aromatic carbocycles. The number of hydrogen-bond acceptors (Lipinski definition) is 4. The molecule has 0 saturated heterocycles. The van der Waals surface area contributed by atoms with Gasteiger partial charge in [-0.3, -0.25) is 0 Å². The van der Waals surface area contributed by atoms with Gasteiger partial charge in [0.15, 0.2) is 5.82 Å². The minimum Gasteiger partial charge on any atom is -0.354 e. The number of anilines is 1. The van der Waals surface area contributed by atoms with E-state index < -0.39 is 0 Å². The van der Waals surface area contributed by atoms with Crippen molar-refractivity contribution in [2.75, 3.05) is 18.5 Å². The molecule has 20 heavy (non-hydrogen) atoms. The average Bonchev–Trinajstić information content (AvgIpc) is 2.96. The first-order chi connectivity index (χ1) is 9.72. The quantitative estimate of drug-likeness (QED) is 0.931. The molecule has 0 aliphatic heterocycles. The zero-order valence-electron chi connectivity index (χ0n) is 12.2. The molecule has 2 unspecified atom stereocenters. The van der Waals surface area contributed by atoms with Gasteiger partial charge in [-0.2, -0.15) is 5.10 Å².